The smallest absolute Gasteiger partial charge is 0.225 e. The Kier molecular flexibility index (Phi) is 6.98. The summed E-state index contributed by atoms with van der Waals surface area (Å²) in [5.41, 5.74) is 0.612. The molecule has 4 nitrogen and oxygen atoms in total. The van der Waals surface area contributed by atoms with Gasteiger partial charge in [-0.1, -0.05) is 0 Å². The number of hydrogen-bond acceptors (Lipinski definition) is 3. The number of rotatable bonds is 8. The first-order chi connectivity index (χ1) is 8.72. The Labute approximate surface area is 107 Å². The van der Waals surface area contributed by atoms with Gasteiger partial charge in [0.15, 0.2) is 0 Å². The number of methoxy groups -OCH3 is 1. The van der Waals surface area contributed by atoms with Crippen molar-refractivity contribution in [2.75, 3.05) is 32.1 Å². The van der Waals surface area contributed by atoms with Gasteiger partial charge in [-0.25, -0.2) is 4.39 Å². The minimum absolute atomic E-state index is 0.0825. The van der Waals surface area contributed by atoms with Crippen LogP contribution in [0.2, 0.25) is 0 Å². The molecule has 0 spiro atoms. The van der Waals surface area contributed by atoms with Crippen LogP contribution in [0.15, 0.2) is 24.3 Å². The molecule has 0 aromatic heterocycles. The quantitative estimate of drug-likeness (QED) is 0.695. The molecule has 0 saturated carbocycles. The van der Waals surface area contributed by atoms with Crippen LogP contribution in [0.3, 0.4) is 0 Å². The average molecular weight is 254 g/mol. The molecule has 0 unspecified atom stereocenters. The number of anilines is 1. The van der Waals surface area contributed by atoms with Crippen LogP contribution >= 0.6 is 0 Å². The van der Waals surface area contributed by atoms with E-state index in [1.54, 1.807) is 19.2 Å². The molecule has 5 heteroatoms. The highest BCUT2D eigenvalue weighted by atomic mass is 19.1. The summed E-state index contributed by atoms with van der Waals surface area (Å²) in [4.78, 5) is 11.5. The van der Waals surface area contributed by atoms with Crippen LogP contribution in [0, 0.1) is 5.82 Å². The van der Waals surface area contributed by atoms with Gasteiger partial charge in [0.05, 0.1) is 0 Å². The lowest BCUT2D eigenvalue weighted by molar-refractivity contribution is -0.116. The van der Waals surface area contributed by atoms with Crippen LogP contribution in [-0.2, 0) is 9.53 Å². The van der Waals surface area contributed by atoms with Crippen LogP contribution < -0.4 is 10.6 Å². The maximum Gasteiger partial charge on any atom is 0.225 e. The maximum absolute atomic E-state index is 12.6. The molecule has 0 aliphatic rings. The third-order valence-electron chi connectivity index (χ3n) is 2.36. The fourth-order valence-corrected chi connectivity index (χ4v) is 1.43. The second kappa shape index (κ2) is 8.60. The van der Waals surface area contributed by atoms with Gasteiger partial charge in [-0.05, 0) is 37.2 Å². The van der Waals surface area contributed by atoms with Crippen LogP contribution in [0.5, 0.6) is 0 Å². The van der Waals surface area contributed by atoms with Crippen molar-refractivity contribution < 1.29 is 13.9 Å². The Hall–Kier alpha value is -1.46. The van der Waals surface area contributed by atoms with E-state index < -0.39 is 0 Å². The highest BCUT2D eigenvalue weighted by molar-refractivity contribution is 5.90. The van der Waals surface area contributed by atoms with Crippen LogP contribution in [0.25, 0.3) is 0 Å². The lowest BCUT2D eigenvalue weighted by Gasteiger charge is -2.06. The highest BCUT2D eigenvalue weighted by Gasteiger charge is 2.01. The first-order valence-corrected chi connectivity index (χ1v) is 5.97. The summed E-state index contributed by atoms with van der Waals surface area (Å²) in [6.45, 7) is 2.17. The van der Waals surface area contributed by atoms with Gasteiger partial charge in [-0.2, -0.15) is 0 Å². The number of hydrogen-bond donors (Lipinski definition) is 2. The Morgan fingerprint density at radius 1 is 1.28 bits per heavy atom. The van der Waals surface area contributed by atoms with E-state index in [1.165, 1.54) is 12.1 Å². The number of carbonyl (C=O) groups is 1. The van der Waals surface area contributed by atoms with Crippen molar-refractivity contribution in [3.63, 3.8) is 0 Å². The second-order valence-corrected chi connectivity index (χ2v) is 3.90. The van der Waals surface area contributed by atoms with Crippen molar-refractivity contribution in [3.8, 4) is 0 Å². The number of benzene rings is 1. The molecule has 1 rings (SSSR count). The lowest BCUT2D eigenvalue weighted by Crippen LogP contribution is -2.23. The average Bonchev–Trinajstić information content (AvgIpc) is 2.36. The minimum atomic E-state index is -0.312. The van der Waals surface area contributed by atoms with E-state index in [-0.39, 0.29) is 11.7 Å². The first kappa shape index (κ1) is 14.6. The molecule has 0 radical (unpaired) electrons. The Morgan fingerprint density at radius 2 is 2.00 bits per heavy atom. The van der Waals surface area contributed by atoms with Crippen molar-refractivity contribution >= 4 is 11.6 Å². The van der Waals surface area contributed by atoms with Gasteiger partial charge in [0.2, 0.25) is 5.91 Å². The van der Waals surface area contributed by atoms with Crippen molar-refractivity contribution in [3.05, 3.63) is 30.1 Å². The summed E-state index contributed by atoms with van der Waals surface area (Å²) < 4.78 is 17.5. The van der Waals surface area contributed by atoms with Crippen LogP contribution in [0.1, 0.15) is 12.8 Å². The maximum atomic E-state index is 12.6. The topological polar surface area (TPSA) is 50.4 Å². The molecule has 1 amide bonds. The zero-order valence-corrected chi connectivity index (χ0v) is 10.5. The molecule has 0 heterocycles. The van der Waals surface area contributed by atoms with Gasteiger partial charge < -0.3 is 15.4 Å². The molecule has 1 aromatic carbocycles. The number of nitrogens with one attached hydrogen (secondary N) is 2. The predicted molar refractivity (Wildman–Crippen MR) is 69.0 cm³/mol. The highest BCUT2D eigenvalue weighted by Crippen LogP contribution is 2.08. The van der Waals surface area contributed by atoms with E-state index in [9.17, 15) is 9.18 Å². The fraction of sp³-hybridized carbons (Fsp3) is 0.462. The molecule has 0 saturated heterocycles. The molecular weight excluding hydrogens is 235 g/mol. The van der Waals surface area contributed by atoms with Gasteiger partial charge in [-0.3, -0.25) is 4.79 Å². The summed E-state index contributed by atoms with van der Waals surface area (Å²) in [7, 11) is 1.66. The number of ether oxygens (including phenoxy) is 1. The van der Waals surface area contributed by atoms with Gasteiger partial charge in [0.1, 0.15) is 5.82 Å². The van der Waals surface area contributed by atoms with Gasteiger partial charge >= 0.3 is 0 Å². The van der Waals surface area contributed by atoms with E-state index >= 15 is 0 Å². The van der Waals surface area contributed by atoms with Crippen LogP contribution in [0.4, 0.5) is 10.1 Å². The summed E-state index contributed by atoms with van der Waals surface area (Å²) in [6, 6.07) is 5.72. The number of carbonyl (C=O) groups excluding carboxylic acids is 1. The predicted octanol–water partition coefficient (Wildman–Crippen LogP) is 1.78. The van der Waals surface area contributed by atoms with Crippen molar-refractivity contribution in [2.24, 2.45) is 0 Å². The summed E-state index contributed by atoms with van der Waals surface area (Å²) in [5.74, 6) is -0.395. The van der Waals surface area contributed by atoms with E-state index in [0.717, 1.165) is 19.6 Å². The van der Waals surface area contributed by atoms with E-state index in [1.807, 2.05) is 0 Å². The SMILES string of the molecule is COCCCNCCC(=O)Nc1ccc(F)cc1. The summed E-state index contributed by atoms with van der Waals surface area (Å²) in [6.07, 6.45) is 1.32. The standard InChI is InChI=1S/C13H19FN2O2/c1-18-10-2-8-15-9-7-13(17)16-12-5-3-11(14)4-6-12/h3-6,15H,2,7-10H2,1H3,(H,16,17). The van der Waals surface area contributed by atoms with E-state index in [0.29, 0.717) is 18.7 Å². The summed E-state index contributed by atoms with van der Waals surface area (Å²) >= 11 is 0. The molecule has 1 aromatic rings. The monoisotopic (exact) mass is 254 g/mol. The van der Waals surface area contributed by atoms with Gasteiger partial charge in [0, 0.05) is 32.4 Å². The van der Waals surface area contributed by atoms with Gasteiger partial charge in [0.25, 0.3) is 0 Å². The van der Waals surface area contributed by atoms with Crippen LogP contribution in [-0.4, -0.2) is 32.7 Å². The number of halogens is 1. The van der Waals surface area contributed by atoms with Gasteiger partial charge in [-0.15, -0.1) is 0 Å². The zero-order valence-electron chi connectivity index (χ0n) is 10.5. The third-order valence-corrected chi connectivity index (χ3v) is 2.36. The van der Waals surface area contributed by atoms with E-state index in [4.69, 9.17) is 4.74 Å². The molecular formula is C13H19FN2O2. The van der Waals surface area contributed by atoms with Crippen molar-refractivity contribution in [1.82, 2.24) is 5.32 Å². The van der Waals surface area contributed by atoms with Crippen molar-refractivity contribution in [1.29, 1.82) is 0 Å². The molecule has 18 heavy (non-hydrogen) atoms. The van der Waals surface area contributed by atoms with E-state index in [2.05, 4.69) is 10.6 Å². The normalized spacial score (nSPS) is 10.3. The molecule has 0 atom stereocenters. The molecule has 0 aliphatic carbocycles. The largest absolute Gasteiger partial charge is 0.385 e. The molecule has 100 valence electrons. The third kappa shape index (κ3) is 6.32. The molecule has 0 aliphatic heterocycles. The molecule has 0 bridgehead atoms. The fourth-order valence-electron chi connectivity index (χ4n) is 1.43. The Balaban J connectivity index is 2.12. The Bertz CT molecular complexity index is 355. The molecule has 2 N–H and O–H groups in total. The Morgan fingerprint density at radius 3 is 2.67 bits per heavy atom. The first-order valence-electron chi connectivity index (χ1n) is 5.97. The molecule has 0 fully saturated rings. The minimum Gasteiger partial charge on any atom is -0.385 e. The lowest BCUT2D eigenvalue weighted by atomic mass is 10.3. The zero-order chi connectivity index (χ0) is 13.2. The summed E-state index contributed by atoms with van der Waals surface area (Å²) in [5, 5.41) is 5.85. The van der Waals surface area contributed by atoms with Crippen molar-refractivity contribution in [2.45, 2.75) is 12.8 Å². The number of amides is 1. The second-order valence-electron chi connectivity index (χ2n) is 3.90.